The van der Waals surface area contributed by atoms with Gasteiger partial charge in [-0.1, -0.05) is 12.1 Å². The molecule has 0 saturated carbocycles. The van der Waals surface area contributed by atoms with E-state index in [0.29, 0.717) is 0 Å². The van der Waals surface area contributed by atoms with E-state index in [1.54, 1.807) is 13.3 Å². The number of rotatable bonds is 5. The van der Waals surface area contributed by atoms with Gasteiger partial charge in [0.25, 0.3) is 0 Å². The maximum Gasteiger partial charge on any atom is 0.163 e. The Labute approximate surface area is 153 Å². The number of fused-ring (bicyclic) bond motifs is 1. The average molecular weight is 349 g/mol. The fourth-order valence-corrected chi connectivity index (χ4v) is 3.33. The van der Waals surface area contributed by atoms with Gasteiger partial charge >= 0.3 is 0 Å². The molecular formula is C20H23N5O. The van der Waals surface area contributed by atoms with Gasteiger partial charge in [0.2, 0.25) is 0 Å². The van der Waals surface area contributed by atoms with E-state index in [1.807, 2.05) is 30.5 Å². The van der Waals surface area contributed by atoms with Crippen LogP contribution in [0.2, 0.25) is 0 Å². The van der Waals surface area contributed by atoms with Gasteiger partial charge in [-0.2, -0.15) is 0 Å². The van der Waals surface area contributed by atoms with Gasteiger partial charge in [-0.3, -0.25) is 9.88 Å². The van der Waals surface area contributed by atoms with Crippen LogP contribution in [0.4, 0.5) is 5.82 Å². The predicted octanol–water partition coefficient (Wildman–Crippen LogP) is 2.46. The molecule has 0 amide bonds. The summed E-state index contributed by atoms with van der Waals surface area (Å²) in [6.07, 6.45) is 3.58. The smallest absolute Gasteiger partial charge is 0.163 e. The van der Waals surface area contributed by atoms with Gasteiger partial charge < -0.3 is 9.64 Å². The summed E-state index contributed by atoms with van der Waals surface area (Å²) in [4.78, 5) is 18.7. The van der Waals surface area contributed by atoms with Crippen LogP contribution in [0.3, 0.4) is 0 Å². The first kappa shape index (κ1) is 16.9. The lowest BCUT2D eigenvalue weighted by Crippen LogP contribution is -2.47. The van der Waals surface area contributed by atoms with Gasteiger partial charge in [0.1, 0.15) is 5.82 Å². The number of para-hydroxylation sites is 1. The van der Waals surface area contributed by atoms with Crippen molar-refractivity contribution < 1.29 is 4.74 Å². The lowest BCUT2D eigenvalue weighted by atomic mass is 10.2. The third kappa shape index (κ3) is 3.52. The van der Waals surface area contributed by atoms with Crippen LogP contribution in [0.5, 0.6) is 0 Å². The normalized spacial score (nSPS) is 15.5. The van der Waals surface area contributed by atoms with Crippen molar-refractivity contribution in [1.29, 1.82) is 0 Å². The average Bonchev–Trinajstić information content (AvgIpc) is 2.72. The first-order chi connectivity index (χ1) is 12.8. The van der Waals surface area contributed by atoms with E-state index in [4.69, 9.17) is 14.7 Å². The summed E-state index contributed by atoms with van der Waals surface area (Å²) in [5, 5.41) is 1.10. The van der Waals surface area contributed by atoms with E-state index in [0.717, 1.165) is 67.4 Å². The van der Waals surface area contributed by atoms with E-state index in [2.05, 4.69) is 26.9 Å². The first-order valence-electron chi connectivity index (χ1n) is 8.98. The minimum Gasteiger partial charge on any atom is -0.383 e. The third-order valence-electron chi connectivity index (χ3n) is 4.79. The zero-order valence-corrected chi connectivity index (χ0v) is 15.0. The second kappa shape index (κ2) is 7.76. The topological polar surface area (TPSA) is 54.4 Å². The van der Waals surface area contributed by atoms with Crippen LogP contribution in [0, 0.1) is 0 Å². The van der Waals surface area contributed by atoms with Crippen molar-refractivity contribution in [3.8, 4) is 11.4 Å². The molecule has 0 spiro atoms. The van der Waals surface area contributed by atoms with E-state index in [1.165, 1.54) is 0 Å². The number of hydrogen-bond donors (Lipinski definition) is 0. The Hall–Kier alpha value is -2.57. The summed E-state index contributed by atoms with van der Waals surface area (Å²) in [5.74, 6) is 1.74. The summed E-state index contributed by atoms with van der Waals surface area (Å²) in [6.45, 7) is 5.71. The molecule has 3 aromatic rings. The van der Waals surface area contributed by atoms with Gasteiger partial charge in [0.05, 0.1) is 12.1 Å². The van der Waals surface area contributed by atoms with Crippen molar-refractivity contribution >= 4 is 16.7 Å². The van der Waals surface area contributed by atoms with Crippen molar-refractivity contribution in [1.82, 2.24) is 19.9 Å². The van der Waals surface area contributed by atoms with Crippen molar-refractivity contribution in [2.24, 2.45) is 0 Å². The summed E-state index contributed by atoms with van der Waals surface area (Å²) in [5.41, 5.74) is 1.91. The quantitative estimate of drug-likeness (QED) is 0.705. The van der Waals surface area contributed by atoms with Crippen LogP contribution in [0.1, 0.15) is 0 Å². The second-order valence-electron chi connectivity index (χ2n) is 6.45. The number of ether oxygens (including phenoxy) is 1. The number of pyridine rings is 1. The fraction of sp³-hybridized carbons (Fsp3) is 0.350. The van der Waals surface area contributed by atoms with E-state index >= 15 is 0 Å². The molecule has 1 aliphatic heterocycles. The largest absolute Gasteiger partial charge is 0.383 e. The van der Waals surface area contributed by atoms with Gasteiger partial charge in [-0.05, 0) is 24.3 Å². The van der Waals surface area contributed by atoms with Crippen LogP contribution in [-0.4, -0.2) is 66.3 Å². The summed E-state index contributed by atoms with van der Waals surface area (Å²) in [7, 11) is 1.75. The third-order valence-corrected chi connectivity index (χ3v) is 4.79. The molecule has 3 heterocycles. The van der Waals surface area contributed by atoms with Crippen LogP contribution < -0.4 is 4.90 Å². The summed E-state index contributed by atoms with van der Waals surface area (Å²) in [6, 6.07) is 12.2. The lowest BCUT2D eigenvalue weighted by Gasteiger charge is -2.35. The number of hydrogen-bond acceptors (Lipinski definition) is 6. The molecule has 1 aromatic carbocycles. The molecule has 134 valence electrons. The fourth-order valence-electron chi connectivity index (χ4n) is 3.33. The van der Waals surface area contributed by atoms with Gasteiger partial charge in [0, 0.05) is 63.2 Å². The minimum absolute atomic E-state index is 0.730. The van der Waals surface area contributed by atoms with Crippen molar-refractivity contribution in [3.63, 3.8) is 0 Å². The molecule has 0 bridgehead atoms. The van der Waals surface area contributed by atoms with Crippen LogP contribution in [0.15, 0.2) is 48.8 Å². The number of piperazine rings is 1. The maximum absolute atomic E-state index is 5.20. The molecule has 4 rings (SSSR count). The van der Waals surface area contributed by atoms with E-state index < -0.39 is 0 Å². The predicted molar refractivity (Wildman–Crippen MR) is 103 cm³/mol. The highest BCUT2D eigenvalue weighted by molar-refractivity contribution is 5.91. The zero-order chi connectivity index (χ0) is 17.8. The van der Waals surface area contributed by atoms with Crippen LogP contribution >= 0.6 is 0 Å². The molecule has 26 heavy (non-hydrogen) atoms. The van der Waals surface area contributed by atoms with Crippen molar-refractivity contribution in [3.05, 3.63) is 48.8 Å². The molecule has 6 nitrogen and oxygen atoms in total. The van der Waals surface area contributed by atoms with Gasteiger partial charge in [-0.25, -0.2) is 9.97 Å². The summed E-state index contributed by atoms with van der Waals surface area (Å²) < 4.78 is 5.20. The molecule has 6 heteroatoms. The lowest BCUT2D eigenvalue weighted by molar-refractivity contribution is 0.144. The van der Waals surface area contributed by atoms with E-state index in [-0.39, 0.29) is 0 Å². The molecule has 1 fully saturated rings. The number of nitrogens with zero attached hydrogens (tertiary/aromatic N) is 5. The Morgan fingerprint density at radius 1 is 1.00 bits per heavy atom. The Morgan fingerprint density at radius 2 is 1.85 bits per heavy atom. The Kier molecular flexibility index (Phi) is 5.04. The summed E-state index contributed by atoms with van der Waals surface area (Å²) >= 11 is 0. The molecular weight excluding hydrogens is 326 g/mol. The molecule has 0 aliphatic carbocycles. The highest BCUT2D eigenvalue weighted by Gasteiger charge is 2.21. The van der Waals surface area contributed by atoms with Crippen molar-refractivity contribution in [2.75, 3.05) is 51.3 Å². The number of anilines is 1. The number of aromatic nitrogens is 3. The van der Waals surface area contributed by atoms with Gasteiger partial charge in [-0.15, -0.1) is 0 Å². The number of benzene rings is 1. The highest BCUT2D eigenvalue weighted by atomic mass is 16.5. The van der Waals surface area contributed by atoms with E-state index in [9.17, 15) is 0 Å². The Morgan fingerprint density at radius 3 is 2.62 bits per heavy atom. The maximum atomic E-state index is 5.20. The van der Waals surface area contributed by atoms with Crippen molar-refractivity contribution in [2.45, 2.75) is 0 Å². The molecule has 0 unspecified atom stereocenters. The second-order valence-corrected chi connectivity index (χ2v) is 6.45. The molecule has 1 saturated heterocycles. The molecule has 1 aliphatic rings. The zero-order valence-electron chi connectivity index (χ0n) is 15.0. The molecule has 2 aromatic heterocycles. The highest BCUT2D eigenvalue weighted by Crippen LogP contribution is 2.27. The monoisotopic (exact) mass is 349 g/mol. The Balaban J connectivity index is 1.66. The minimum atomic E-state index is 0.730. The van der Waals surface area contributed by atoms with Crippen LogP contribution in [0.25, 0.3) is 22.3 Å². The van der Waals surface area contributed by atoms with Gasteiger partial charge in [0.15, 0.2) is 5.82 Å². The van der Waals surface area contributed by atoms with Crippen LogP contribution in [-0.2, 0) is 4.74 Å². The SMILES string of the molecule is COCCN1CCN(c2nc(-c3cccnc3)nc3ccccc23)CC1. The molecule has 0 radical (unpaired) electrons. The standard InChI is InChI=1S/C20H23N5O/c1-26-14-13-24-9-11-25(12-10-24)20-17-6-2-3-7-18(17)22-19(23-20)16-5-4-8-21-15-16/h2-8,15H,9-14H2,1H3. The number of methoxy groups -OCH3 is 1. The first-order valence-corrected chi connectivity index (χ1v) is 8.98. The molecule has 0 atom stereocenters. The Bertz CT molecular complexity index is 862. The molecule has 0 N–H and O–H groups in total.